The lowest BCUT2D eigenvalue weighted by atomic mass is 10.3. The number of hydrogen-bond acceptors (Lipinski definition) is 6. The fraction of sp³-hybridized carbons (Fsp3) is 0.294. The van der Waals surface area contributed by atoms with Gasteiger partial charge >= 0.3 is 0 Å². The van der Waals surface area contributed by atoms with Crippen molar-refractivity contribution < 1.29 is 9.53 Å². The average Bonchev–Trinajstić information content (AvgIpc) is 3.36. The molecule has 0 spiro atoms. The molecule has 1 aliphatic rings. The maximum atomic E-state index is 11.8. The van der Waals surface area contributed by atoms with E-state index in [0.717, 1.165) is 5.69 Å². The van der Waals surface area contributed by atoms with Gasteiger partial charge < -0.3 is 19.9 Å². The van der Waals surface area contributed by atoms with Crippen molar-refractivity contribution in [1.82, 2.24) is 29.6 Å². The summed E-state index contributed by atoms with van der Waals surface area (Å²) in [5.74, 6) is 0.629. The van der Waals surface area contributed by atoms with Crippen LogP contribution < -0.4 is 10.1 Å². The number of amides is 1. The smallest absolute Gasteiger partial charge is 0.246 e. The minimum Gasteiger partial charge on any atom is -0.472 e. The molecule has 1 aliphatic heterocycles. The summed E-state index contributed by atoms with van der Waals surface area (Å²) in [7, 11) is 1.82. The monoisotopic (exact) mass is 387 g/mol. The molecular formula is C17H18ClN7O2. The highest BCUT2D eigenvalue weighted by molar-refractivity contribution is 6.35. The first-order valence-corrected chi connectivity index (χ1v) is 8.79. The molecule has 1 saturated heterocycles. The number of aromatic nitrogens is 5. The Kier molecular flexibility index (Phi) is 4.44. The highest BCUT2D eigenvalue weighted by Crippen LogP contribution is 2.32. The Morgan fingerprint density at radius 2 is 2.37 bits per heavy atom. The van der Waals surface area contributed by atoms with E-state index in [9.17, 15) is 4.79 Å². The first-order chi connectivity index (χ1) is 13.0. The Morgan fingerprint density at radius 3 is 3.11 bits per heavy atom. The van der Waals surface area contributed by atoms with Gasteiger partial charge in [-0.1, -0.05) is 18.2 Å². The molecule has 1 atom stereocenters. The molecule has 0 bridgehead atoms. The summed E-state index contributed by atoms with van der Waals surface area (Å²) in [6.45, 7) is 4.62. The van der Waals surface area contributed by atoms with Gasteiger partial charge in [0.25, 0.3) is 0 Å². The van der Waals surface area contributed by atoms with Crippen molar-refractivity contribution in [1.29, 1.82) is 0 Å². The fourth-order valence-electron chi connectivity index (χ4n) is 3.03. The van der Waals surface area contributed by atoms with E-state index in [4.69, 9.17) is 16.3 Å². The number of likely N-dealkylation sites (tertiary alicyclic amines) is 1. The summed E-state index contributed by atoms with van der Waals surface area (Å²) in [5, 5.41) is 8.30. The van der Waals surface area contributed by atoms with Gasteiger partial charge in [-0.2, -0.15) is 15.1 Å². The molecule has 0 saturated carbocycles. The minimum atomic E-state index is -0.177. The van der Waals surface area contributed by atoms with Crippen molar-refractivity contribution in [2.24, 2.45) is 7.05 Å². The molecule has 9 nitrogen and oxygen atoms in total. The minimum absolute atomic E-state index is 0.104. The number of H-pyrrole nitrogens is 1. The second-order valence-electron chi connectivity index (χ2n) is 6.26. The van der Waals surface area contributed by atoms with Crippen LogP contribution in [0, 0.1) is 0 Å². The second kappa shape index (κ2) is 6.92. The van der Waals surface area contributed by atoms with Gasteiger partial charge in [0.15, 0.2) is 0 Å². The molecule has 140 valence electrons. The Morgan fingerprint density at radius 1 is 1.52 bits per heavy atom. The SMILES string of the molecule is C=CC(=O)N1CC[C@@H](Oc2nc(Nc3cnn(C)c3)nc3[nH]cc(Cl)c23)C1. The van der Waals surface area contributed by atoms with Crippen LogP contribution in [-0.2, 0) is 11.8 Å². The van der Waals surface area contributed by atoms with E-state index in [1.807, 2.05) is 13.2 Å². The van der Waals surface area contributed by atoms with Crippen molar-refractivity contribution in [3.8, 4) is 5.88 Å². The second-order valence-corrected chi connectivity index (χ2v) is 6.66. The number of nitrogens with zero attached hydrogens (tertiary/aromatic N) is 5. The van der Waals surface area contributed by atoms with Crippen molar-refractivity contribution in [3.63, 3.8) is 0 Å². The van der Waals surface area contributed by atoms with E-state index in [0.29, 0.717) is 47.4 Å². The van der Waals surface area contributed by atoms with Crippen LogP contribution in [0.2, 0.25) is 5.02 Å². The van der Waals surface area contributed by atoms with Gasteiger partial charge in [-0.05, 0) is 6.08 Å². The molecule has 4 rings (SSSR count). The molecule has 4 heterocycles. The number of aryl methyl sites for hydroxylation is 1. The molecule has 0 radical (unpaired) electrons. The number of hydrogen-bond donors (Lipinski definition) is 2. The van der Waals surface area contributed by atoms with Crippen molar-refractivity contribution in [2.45, 2.75) is 12.5 Å². The van der Waals surface area contributed by atoms with Crippen molar-refractivity contribution in [2.75, 3.05) is 18.4 Å². The Bertz CT molecular complexity index is 1010. The van der Waals surface area contributed by atoms with Gasteiger partial charge in [-0.15, -0.1) is 0 Å². The van der Waals surface area contributed by atoms with Crippen LogP contribution in [-0.4, -0.2) is 54.7 Å². The molecule has 0 aliphatic carbocycles. The molecule has 27 heavy (non-hydrogen) atoms. The lowest BCUT2D eigenvalue weighted by Crippen LogP contribution is -2.29. The summed E-state index contributed by atoms with van der Waals surface area (Å²) in [5.41, 5.74) is 1.32. The Labute approximate surface area is 160 Å². The molecular weight excluding hydrogens is 370 g/mol. The third kappa shape index (κ3) is 3.45. The summed E-state index contributed by atoms with van der Waals surface area (Å²) in [6.07, 6.45) is 6.97. The number of halogens is 1. The number of carbonyl (C=O) groups is 1. The van der Waals surface area contributed by atoms with E-state index >= 15 is 0 Å². The number of aromatic amines is 1. The standard InChI is InChI=1S/C17H18ClN7O2/c1-3-13(26)25-5-4-11(9-25)27-16-14-12(18)7-19-15(14)22-17(23-16)21-10-6-20-24(2)8-10/h3,6-8,11H,1,4-5,9H2,2H3,(H2,19,21,22,23)/t11-/m1/s1. The fourth-order valence-corrected chi connectivity index (χ4v) is 3.26. The molecule has 0 unspecified atom stereocenters. The number of carbonyl (C=O) groups excluding carboxylic acids is 1. The van der Waals surface area contributed by atoms with Gasteiger partial charge in [0, 0.05) is 32.4 Å². The highest BCUT2D eigenvalue weighted by atomic mass is 35.5. The Hall–Kier alpha value is -3.07. The maximum Gasteiger partial charge on any atom is 0.246 e. The lowest BCUT2D eigenvalue weighted by Gasteiger charge is -2.16. The van der Waals surface area contributed by atoms with Crippen LogP contribution in [0.3, 0.4) is 0 Å². The molecule has 3 aromatic heterocycles. The summed E-state index contributed by atoms with van der Waals surface area (Å²) in [4.78, 5) is 25.4. The third-order valence-corrected chi connectivity index (χ3v) is 4.62. The van der Waals surface area contributed by atoms with Crippen LogP contribution in [0.15, 0.2) is 31.2 Å². The number of nitrogens with one attached hydrogen (secondary N) is 2. The molecule has 0 aromatic carbocycles. The first-order valence-electron chi connectivity index (χ1n) is 8.42. The van der Waals surface area contributed by atoms with Gasteiger partial charge in [0.05, 0.1) is 28.8 Å². The maximum absolute atomic E-state index is 11.8. The lowest BCUT2D eigenvalue weighted by molar-refractivity contribution is -0.125. The van der Waals surface area contributed by atoms with Crippen LogP contribution in [0.4, 0.5) is 11.6 Å². The van der Waals surface area contributed by atoms with E-state index in [-0.39, 0.29) is 12.0 Å². The van der Waals surface area contributed by atoms with E-state index in [2.05, 4.69) is 31.9 Å². The van der Waals surface area contributed by atoms with Crippen LogP contribution in [0.5, 0.6) is 5.88 Å². The average molecular weight is 388 g/mol. The number of rotatable bonds is 5. The quantitative estimate of drug-likeness (QED) is 0.651. The summed E-state index contributed by atoms with van der Waals surface area (Å²) in [6, 6.07) is 0. The van der Waals surface area contributed by atoms with Crippen LogP contribution in [0.1, 0.15) is 6.42 Å². The van der Waals surface area contributed by atoms with E-state index < -0.39 is 0 Å². The van der Waals surface area contributed by atoms with Crippen molar-refractivity contribution in [3.05, 3.63) is 36.3 Å². The Balaban J connectivity index is 1.61. The van der Waals surface area contributed by atoms with Gasteiger partial charge in [-0.3, -0.25) is 9.48 Å². The van der Waals surface area contributed by atoms with Crippen LogP contribution >= 0.6 is 11.6 Å². The topological polar surface area (TPSA) is 101 Å². The largest absolute Gasteiger partial charge is 0.472 e. The zero-order valence-electron chi connectivity index (χ0n) is 14.6. The van der Waals surface area contributed by atoms with Crippen molar-refractivity contribution >= 4 is 40.2 Å². The first kappa shape index (κ1) is 17.3. The van der Waals surface area contributed by atoms with Crippen LogP contribution in [0.25, 0.3) is 11.0 Å². The molecule has 10 heteroatoms. The zero-order chi connectivity index (χ0) is 19.0. The molecule has 1 fully saturated rings. The van der Waals surface area contributed by atoms with Gasteiger partial charge in [-0.25, -0.2) is 0 Å². The third-order valence-electron chi connectivity index (χ3n) is 4.32. The predicted octanol–water partition coefficient (Wildman–Crippen LogP) is 2.25. The molecule has 3 aromatic rings. The summed E-state index contributed by atoms with van der Waals surface area (Å²) < 4.78 is 7.77. The van der Waals surface area contributed by atoms with Gasteiger partial charge in [0.1, 0.15) is 11.8 Å². The number of fused-ring (bicyclic) bond motifs is 1. The number of ether oxygens (including phenoxy) is 1. The highest BCUT2D eigenvalue weighted by Gasteiger charge is 2.28. The number of anilines is 2. The molecule has 2 N–H and O–H groups in total. The predicted molar refractivity (Wildman–Crippen MR) is 101 cm³/mol. The normalized spacial score (nSPS) is 16.7. The van der Waals surface area contributed by atoms with Gasteiger partial charge in [0.2, 0.25) is 17.7 Å². The molecule has 1 amide bonds. The van der Waals surface area contributed by atoms with E-state index in [1.54, 1.807) is 22.0 Å². The van der Waals surface area contributed by atoms with E-state index in [1.165, 1.54) is 6.08 Å². The zero-order valence-corrected chi connectivity index (χ0v) is 15.4. The summed E-state index contributed by atoms with van der Waals surface area (Å²) >= 11 is 6.28.